The summed E-state index contributed by atoms with van der Waals surface area (Å²) in [5, 5.41) is 1.19. The van der Waals surface area contributed by atoms with E-state index >= 15 is 0 Å². The first-order valence-electron chi connectivity index (χ1n) is 7.68. The highest BCUT2D eigenvalue weighted by Crippen LogP contribution is 2.27. The summed E-state index contributed by atoms with van der Waals surface area (Å²) in [6, 6.07) is 11.3. The van der Waals surface area contributed by atoms with E-state index in [4.69, 9.17) is 5.73 Å². The number of aromatic nitrogens is 1. The Morgan fingerprint density at radius 2 is 2.10 bits per heavy atom. The van der Waals surface area contributed by atoms with Crippen molar-refractivity contribution in [1.29, 1.82) is 0 Å². The average molecular weight is 284 g/mol. The summed E-state index contributed by atoms with van der Waals surface area (Å²) in [7, 11) is 2.19. The average Bonchev–Trinajstić information content (AvgIpc) is 2.52. The predicted molar refractivity (Wildman–Crippen MR) is 87.2 cm³/mol. The third-order valence-electron chi connectivity index (χ3n) is 4.68. The van der Waals surface area contributed by atoms with Gasteiger partial charge in [0, 0.05) is 49.8 Å². The van der Waals surface area contributed by atoms with E-state index in [0.717, 1.165) is 25.2 Å². The minimum atomic E-state index is 0.250. The van der Waals surface area contributed by atoms with Gasteiger partial charge in [0.2, 0.25) is 0 Å². The molecule has 112 valence electrons. The molecule has 0 bridgehead atoms. The SMILES string of the molecule is CC1CN(C(CN)c2cccc3cccnc23)CCN1C. The molecule has 0 saturated carbocycles. The predicted octanol–water partition coefficient (Wildman–Crippen LogP) is 1.87. The molecule has 0 spiro atoms. The lowest BCUT2D eigenvalue weighted by molar-refractivity contribution is 0.0745. The highest BCUT2D eigenvalue weighted by atomic mass is 15.3. The summed E-state index contributed by atoms with van der Waals surface area (Å²) in [5.74, 6) is 0. The summed E-state index contributed by atoms with van der Waals surface area (Å²) in [5.41, 5.74) is 8.47. The number of likely N-dealkylation sites (N-methyl/N-ethyl adjacent to an activating group) is 1. The normalized spacial score (nSPS) is 22.5. The molecule has 1 aliphatic heterocycles. The maximum Gasteiger partial charge on any atom is 0.0750 e. The molecular weight excluding hydrogens is 260 g/mol. The second kappa shape index (κ2) is 6.10. The molecule has 2 unspecified atom stereocenters. The maximum absolute atomic E-state index is 6.12. The van der Waals surface area contributed by atoms with Gasteiger partial charge in [-0.05, 0) is 25.6 Å². The molecular formula is C17H24N4. The van der Waals surface area contributed by atoms with Gasteiger partial charge in [0.15, 0.2) is 0 Å². The van der Waals surface area contributed by atoms with Crippen molar-refractivity contribution in [3.05, 3.63) is 42.1 Å². The third kappa shape index (κ3) is 2.79. The maximum atomic E-state index is 6.12. The van der Waals surface area contributed by atoms with Crippen molar-refractivity contribution in [2.45, 2.75) is 19.0 Å². The molecule has 1 aromatic heterocycles. The van der Waals surface area contributed by atoms with Gasteiger partial charge in [0.25, 0.3) is 0 Å². The summed E-state index contributed by atoms with van der Waals surface area (Å²) >= 11 is 0. The highest BCUT2D eigenvalue weighted by molar-refractivity contribution is 5.82. The Labute approximate surface area is 126 Å². The quantitative estimate of drug-likeness (QED) is 0.934. The van der Waals surface area contributed by atoms with Crippen LogP contribution >= 0.6 is 0 Å². The van der Waals surface area contributed by atoms with Crippen LogP contribution in [0.3, 0.4) is 0 Å². The first-order valence-corrected chi connectivity index (χ1v) is 7.68. The molecule has 0 radical (unpaired) electrons. The topological polar surface area (TPSA) is 45.4 Å². The number of hydrogen-bond acceptors (Lipinski definition) is 4. The fraction of sp³-hybridized carbons (Fsp3) is 0.471. The van der Waals surface area contributed by atoms with Crippen LogP contribution in [-0.4, -0.2) is 54.1 Å². The lowest BCUT2D eigenvalue weighted by atomic mass is 10.00. The summed E-state index contributed by atoms with van der Waals surface area (Å²) in [4.78, 5) is 9.50. The molecule has 2 heterocycles. The number of fused-ring (bicyclic) bond motifs is 1. The van der Waals surface area contributed by atoms with Gasteiger partial charge in [-0.25, -0.2) is 0 Å². The summed E-state index contributed by atoms with van der Waals surface area (Å²) in [6.45, 7) is 6.12. The number of piperazine rings is 1. The summed E-state index contributed by atoms with van der Waals surface area (Å²) < 4.78 is 0. The van der Waals surface area contributed by atoms with E-state index in [1.54, 1.807) is 0 Å². The van der Waals surface area contributed by atoms with Gasteiger partial charge in [-0.15, -0.1) is 0 Å². The number of nitrogens with zero attached hydrogens (tertiary/aromatic N) is 3. The zero-order chi connectivity index (χ0) is 14.8. The number of hydrogen-bond donors (Lipinski definition) is 1. The van der Waals surface area contributed by atoms with Gasteiger partial charge in [-0.1, -0.05) is 24.3 Å². The van der Waals surface area contributed by atoms with Gasteiger partial charge in [-0.3, -0.25) is 9.88 Å². The Bertz CT molecular complexity index is 607. The third-order valence-corrected chi connectivity index (χ3v) is 4.68. The molecule has 4 heteroatoms. The van der Waals surface area contributed by atoms with Crippen LogP contribution in [0.2, 0.25) is 0 Å². The largest absolute Gasteiger partial charge is 0.329 e. The Kier molecular flexibility index (Phi) is 4.19. The highest BCUT2D eigenvalue weighted by Gasteiger charge is 2.27. The fourth-order valence-electron chi connectivity index (χ4n) is 3.23. The van der Waals surface area contributed by atoms with E-state index < -0.39 is 0 Å². The molecule has 21 heavy (non-hydrogen) atoms. The van der Waals surface area contributed by atoms with Crippen molar-refractivity contribution in [3.8, 4) is 0 Å². The van der Waals surface area contributed by atoms with Crippen molar-refractivity contribution in [3.63, 3.8) is 0 Å². The van der Waals surface area contributed by atoms with E-state index in [1.165, 1.54) is 10.9 Å². The molecule has 0 amide bonds. The van der Waals surface area contributed by atoms with Gasteiger partial charge in [0.05, 0.1) is 5.52 Å². The Morgan fingerprint density at radius 3 is 2.86 bits per heavy atom. The number of rotatable bonds is 3. The van der Waals surface area contributed by atoms with Crippen LogP contribution in [0.4, 0.5) is 0 Å². The smallest absolute Gasteiger partial charge is 0.0750 e. The molecule has 3 rings (SSSR count). The first-order chi connectivity index (χ1) is 10.2. The van der Waals surface area contributed by atoms with E-state index in [9.17, 15) is 0 Å². The minimum Gasteiger partial charge on any atom is -0.329 e. The molecule has 0 aliphatic carbocycles. The summed E-state index contributed by atoms with van der Waals surface area (Å²) in [6.07, 6.45) is 1.87. The molecule has 1 aromatic carbocycles. The minimum absolute atomic E-state index is 0.250. The van der Waals surface area contributed by atoms with Crippen LogP contribution < -0.4 is 5.73 Å². The van der Waals surface area contributed by atoms with Crippen molar-refractivity contribution < 1.29 is 0 Å². The number of pyridine rings is 1. The zero-order valence-corrected chi connectivity index (χ0v) is 12.9. The zero-order valence-electron chi connectivity index (χ0n) is 12.9. The van der Waals surface area contributed by atoms with Crippen LogP contribution in [-0.2, 0) is 0 Å². The number of benzene rings is 1. The van der Waals surface area contributed by atoms with Gasteiger partial charge in [0.1, 0.15) is 0 Å². The van der Waals surface area contributed by atoms with Crippen LogP contribution in [0.5, 0.6) is 0 Å². The lowest BCUT2D eigenvalue weighted by Gasteiger charge is -2.41. The molecule has 1 fully saturated rings. The van der Waals surface area contributed by atoms with Crippen molar-refractivity contribution >= 4 is 10.9 Å². The monoisotopic (exact) mass is 284 g/mol. The van der Waals surface area contributed by atoms with E-state index in [0.29, 0.717) is 12.6 Å². The molecule has 1 saturated heterocycles. The molecule has 2 aromatic rings. The van der Waals surface area contributed by atoms with Gasteiger partial charge >= 0.3 is 0 Å². The Balaban J connectivity index is 1.95. The number of para-hydroxylation sites is 1. The van der Waals surface area contributed by atoms with E-state index in [2.05, 4.69) is 53.0 Å². The van der Waals surface area contributed by atoms with Crippen molar-refractivity contribution in [2.24, 2.45) is 5.73 Å². The molecule has 1 aliphatic rings. The van der Waals surface area contributed by atoms with Crippen molar-refractivity contribution in [2.75, 3.05) is 33.2 Å². The lowest BCUT2D eigenvalue weighted by Crippen LogP contribution is -2.52. The van der Waals surface area contributed by atoms with E-state index in [1.807, 2.05) is 12.3 Å². The second-order valence-electron chi connectivity index (χ2n) is 6.00. The van der Waals surface area contributed by atoms with Gasteiger partial charge in [-0.2, -0.15) is 0 Å². The Hall–Kier alpha value is -1.49. The fourth-order valence-corrected chi connectivity index (χ4v) is 3.23. The first kappa shape index (κ1) is 14.4. The molecule has 2 N–H and O–H groups in total. The van der Waals surface area contributed by atoms with Gasteiger partial charge < -0.3 is 10.6 Å². The number of nitrogens with two attached hydrogens (primary N) is 1. The van der Waals surface area contributed by atoms with Crippen LogP contribution in [0, 0.1) is 0 Å². The Morgan fingerprint density at radius 1 is 1.29 bits per heavy atom. The molecule has 2 atom stereocenters. The van der Waals surface area contributed by atoms with Crippen molar-refractivity contribution in [1.82, 2.24) is 14.8 Å². The van der Waals surface area contributed by atoms with Crippen LogP contribution in [0.25, 0.3) is 10.9 Å². The van der Waals surface area contributed by atoms with Crippen LogP contribution in [0.15, 0.2) is 36.5 Å². The van der Waals surface area contributed by atoms with E-state index in [-0.39, 0.29) is 6.04 Å². The van der Waals surface area contributed by atoms with Crippen LogP contribution in [0.1, 0.15) is 18.5 Å². The second-order valence-corrected chi connectivity index (χ2v) is 6.00. The molecule has 4 nitrogen and oxygen atoms in total. The standard InChI is InChI=1S/C17H24N4/c1-13-12-21(10-9-20(13)2)16(11-18)15-7-3-5-14-6-4-8-19-17(14)15/h3-8,13,16H,9-12,18H2,1-2H3.